The molecule has 1 aromatic heterocycles. The Bertz CT molecular complexity index is 860. The highest BCUT2D eigenvalue weighted by molar-refractivity contribution is 7.16. The van der Waals surface area contributed by atoms with E-state index >= 15 is 0 Å². The van der Waals surface area contributed by atoms with Gasteiger partial charge in [0.05, 0.1) is 17.7 Å². The van der Waals surface area contributed by atoms with Gasteiger partial charge in [-0.15, -0.1) is 11.3 Å². The zero-order valence-corrected chi connectivity index (χ0v) is 15.7. The van der Waals surface area contributed by atoms with Gasteiger partial charge in [-0.3, -0.25) is 4.79 Å². The SMILES string of the molecule is COC(=O)c1c(NC(=O)COC(=O)c2c(F)cccc2Cl)sc(C)c1C. The Kier molecular flexibility index (Phi) is 6.33. The van der Waals surface area contributed by atoms with Crippen molar-refractivity contribution < 1.29 is 28.2 Å². The highest BCUT2D eigenvalue weighted by atomic mass is 35.5. The Hall–Kier alpha value is -2.45. The van der Waals surface area contributed by atoms with Gasteiger partial charge in [0.1, 0.15) is 16.4 Å². The number of aryl methyl sites for hydroxylation is 1. The summed E-state index contributed by atoms with van der Waals surface area (Å²) < 4.78 is 23.2. The third kappa shape index (κ3) is 4.20. The normalized spacial score (nSPS) is 10.3. The lowest BCUT2D eigenvalue weighted by atomic mass is 10.1. The van der Waals surface area contributed by atoms with Crippen LogP contribution in [0.2, 0.25) is 5.02 Å². The molecule has 1 heterocycles. The first kappa shape index (κ1) is 19.9. The van der Waals surface area contributed by atoms with Crippen LogP contribution in [0.25, 0.3) is 0 Å². The van der Waals surface area contributed by atoms with E-state index in [0.717, 1.165) is 10.9 Å². The van der Waals surface area contributed by atoms with Crippen LogP contribution in [0.1, 0.15) is 31.2 Å². The van der Waals surface area contributed by atoms with E-state index in [-0.39, 0.29) is 15.6 Å². The number of benzene rings is 1. The lowest BCUT2D eigenvalue weighted by Crippen LogP contribution is -2.22. The number of anilines is 1. The van der Waals surface area contributed by atoms with Crippen molar-refractivity contribution >= 4 is 45.8 Å². The molecule has 0 spiro atoms. The first-order valence-electron chi connectivity index (χ1n) is 7.35. The molecule has 0 aliphatic carbocycles. The molecular weight excluding hydrogens is 385 g/mol. The summed E-state index contributed by atoms with van der Waals surface area (Å²) in [6.07, 6.45) is 0. The molecule has 2 rings (SSSR count). The van der Waals surface area contributed by atoms with Crippen LogP contribution in [0.15, 0.2) is 18.2 Å². The number of amides is 1. The number of rotatable bonds is 5. The number of carbonyl (C=O) groups is 3. The van der Waals surface area contributed by atoms with Gasteiger partial charge in [0.15, 0.2) is 6.61 Å². The first-order valence-corrected chi connectivity index (χ1v) is 8.55. The Balaban J connectivity index is 2.07. The highest BCUT2D eigenvalue weighted by Gasteiger charge is 2.23. The molecule has 0 saturated heterocycles. The molecule has 0 saturated carbocycles. The minimum atomic E-state index is -1.06. The fourth-order valence-corrected chi connectivity index (χ4v) is 3.43. The Morgan fingerprint density at radius 3 is 2.50 bits per heavy atom. The Labute approximate surface area is 157 Å². The summed E-state index contributed by atoms with van der Waals surface area (Å²) in [5.41, 5.74) is 0.485. The summed E-state index contributed by atoms with van der Waals surface area (Å²) in [6.45, 7) is 2.86. The van der Waals surface area contributed by atoms with E-state index < -0.39 is 35.8 Å². The molecule has 0 aliphatic rings. The van der Waals surface area contributed by atoms with Gasteiger partial charge in [0.2, 0.25) is 0 Å². The molecule has 1 N–H and O–H groups in total. The molecule has 6 nitrogen and oxygen atoms in total. The summed E-state index contributed by atoms with van der Waals surface area (Å²) in [6, 6.07) is 3.74. The smallest absolute Gasteiger partial charge is 0.343 e. The molecule has 26 heavy (non-hydrogen) atoms. The number of carbonyl (C=O) groups excluding carboxylic acids is 3. The molecule has 9 heteroatoms. The molecule has 138 valence electrons. The molecule has 0 fully saturated rings. The van der Waals surface area contributed by atoms with E-state index in [0.29, 0.717) is 5.56 Å². The van der Waals surface area contributed by atoms with Crippen LogP contribution in [0, 0.1) is 19.7 Å². The number of hydrogen-bond acceptors (Lipinski definition) is 6. The molecule has 1 aromatic carbocycles. The zero-order valence-electron chi connectivity index (χ0n) is 14.1. The number of esters is 2. The van der Waals surface area contributed by atoms with Gasteiger partial charge in [0.25, 0.3) is 5.91 Å². The van der Waals surface area contributed by atoms with Crippen LogP contribution >= 0.6 is 22.9 Å². The molecule has 0 atom stereocenters. The van der Waals surface area contributed by atoms with Gasteiger partial charge in [-0.05, 0) is 31.5 Å². The Morgan fingerprint density at radius 2 is 1.88 bits per heavy atom. The number of methoxy groups -OCH3 is 1. The van der Waals surface area contributed by atoms with Crippen molar-refractivity contribution in [3.05, 3.63) is 50.6 Å². The van der Waals surface area contributed by atoms with Crippen molar-refractivity contribution in [1.82, 2.24) is 0 Å². The predicted molar refractivity (Wildman–Crippen MR) is 95.5 cm³/mol. The summed E-state index contributed by atoms with van der Waals surface area (Å²) in [5.74, 6) is -3.18. The molecule has 2 aromatic rings. The van der Waals surface area contributed by atoms with E-state index in [1.807, 2.05) is 0 Å². The second-order valence-electron chi connectivity index (χ2n) is 5.20. The summed E-state index contributed by atoms with van der Waals surface area (Å²) >= 11 is 6.96. The predicted octanol–water partition coefficient (Wildman–Crippen LogP) is 3.74. The van der Waals surface area contributed by atoms with Crippen LogP contribution < -0.4 is 5.32 Å². The zero-order chi connectivity index (χ0) is 19.4. The maximum atomic E-state index is 13.7. The first-order chi connectivity index (χ1) is 12.3. The average Bonchev–Trinajstić information content (AvgIpc) is 2.86. The van der Waals surface area contributed by atoms with Gasteiger partial charge in [-0.2, -0.15) is 0 Å². The quantitative estimate of drug-likeness (QED) is 0.774. The molecular formula is C17H15ClFNO5S. The lowest BCUT2D eigenvalue weighted by Gasteiger charge is -2.08. The fourth-order valence-electron chi connectivity index (χ4n) is 2.12. The molecule has 0 aliphatic heterocycles. The van der Waals surface area contributed by atoms with Gasteiger partial charge in [0, 0.05) is 4.88 Å². The molecule has 0 radical (unpaired) electrons. The van der Waals surface area contributed by atoms with Crippen LogP contribution in [-0.4, -0.2) is 31.6 Å². The fraction of sp³-hybridized carbons (Fsp3) is 0.235. The number of thiophene rings is 1. The van der Waals surface area contributed by atoms with Crippen LogP contribution in [0.4, 0.5) is 9.39 Å². The van der Waals surface area contributed by atoms with E-state index in [1.165, 1.54) is 30.6 Å². The van der Waals surface area contributed by atoms with E-state index in [9.17, 15) is 18.8 Å². The van der Waals surface area contributed by atoms with Crippen molar-refractivity contribution in [2.75, 3.05) is 19.0 Å². The minimum Gasteiger partial charge on any atom is -0.465 e. The number of hydrogen-bond donors (Lipinski definition) is 1. The number of ether oxygens (including phenoxy) is 2. The molecule has 0 bridgehead atoms. The third-order valence-corrected chi connectivity index (χ3v) is 4.97. The maximum Gasteiger partial charge on any atom is 0.343 e. The number of halogens is 2. The lowest BCUT2D eigenvalue weighted by molar-refractivity contribution is -0.119. The maximum absolute atomic E-state index is 13.7. The van der Waals surface area contributed by atoms with Crippen molar-refractivity contribution in [1.29, 1.82) is 0 Å². The van der Waals surface area contributed by atoms with Gasteiger partial charge < -0.3 is 14.8 Å². The summed E-state index contributed by atoms with van der Waals surface area (Å²) in [5, 5.41) is 2.67. The third-order valence-electron chi connectivity index (χ3n) is 3.53. The second kappa shape index (κ2) is 8.29. The van der Waals surface area contributed by atoms with E-state index in [4.69, 9.17) is 21.1 Å². The van der Waals surface area contributed by atoms with Gasteiger partial charge in [-0.25, -0.2) is 14.0 Å². The van der Waals surface area contributed by atoms with Gasteiger partial charge in [-0.1, -0.05) is 17.7 Å². The van der Waals surface area contributed by atoms with Crippen molar-refractivity contribution in [3.63, 3.8) is 0 Å². The largest absolute Gasteiger partial charge is 0.465 e. The van der Waals surface area contributed by atoms with Gasteiger partial charge >= 0.3 is 11.9 Å². The summed E-state index contributed by atoms with van der Waals surface area (Å²) in [4.78, 5) is 36.7. The Morgan fingerprint density at radius 1 is 1.19 bits per heavy atom. The van der Waals surface area contributed by atoms with E-state index in [1.54, 1.807) is 13.8 Å². The van der Waals surface area contributed by atoms with Crippen molar-refractivity contribution in [2.24, 2.45) is 0 Å². The summed E-state index contributed by atoms with van der Waals surface area (Å²) in [7, 11) is 1.24. The monoisotopic (exact) mass is 399 g/mol. The van der Waals surface area contributed by atoms with Crippen LogP contribution in [0.3, 0.4) is 0 Å². The van der Waals surface area contributed by atoms with Crippen molar-refractivity contribution in [2.45, 2.75) is 13.8 Å². The molecule has 0 unspecified atom stereocenters. The molecule has 1 amide bonds. The van der Waals surface area contributed by atoms with E-state index in [2.05, 4.69) is 5.32 Å². The van der Waals surface area contributed by atoms with Crippen LogP contribution in [0.5, 0.6) is 0 Å². The average molecular weight is 400 g/mol. The highest BCUT2D eigenvalue weighted by Crippen LogP contribution is 2.32. The van der Waals surface area contributed by atoms with Crippen molar-refractivity contribution in [3.8, 4) is 0 Å². The number of nitrogens with one attached hydrogen (secondary N) is 1. The minimum absolute atomic E-state index is 0.118. The standard InChI is InChI=1S/C17H15ClFNO5S/c1-8-9(2)26-15(13(8)16(22)24-3)20-12(21)7-25-17(23)14-10(18)5-4-6-11(14)19/h4-6H,7H2,1-3H3,(H,20,21). The topological polar surface area (TPSA) is 81.7 Å². The van der Waals surface area contributed by atoms with Crippen LogP contribution in [-0.2, 0) is 14.3 Å². The second-order valence-corrected chi connectivity index (χ2v) is 6.83.